The van der Waals surface area contributed by atoms with E-state index in [-0.39, 0.29) is 16.7 Å². The van der Waals surface area contributed by atoms with E-state index >= 15 is 0 Å². The van der Waals surface area contributed by atoms with Gasteiger partial charge in [-0.05, 0) is 18.3 Å². The maximum absolute atomic E-state index is 11.8. The van der Waals surface area contributed by atoms with Crippen LogP contribution in [0.1, 0.15) is 20.8 Å². The average molecular weight is 338 g/mol. The molecule has 0 fully saturated rings. The monoisotopic (exact) mass is 338 g/mol. The Morgan fingerprint density at radius 2 is 2.09 bits per heavy atom. The predicted molar refractivity (Wildman–Crippen MR) is 90.1 cm³/mol. The van der Waals surface area contributed by atoms with Gasteiger partial charge in [0.05, 0.1) is 15.1 Å². The number of non-ortho nitro benzene ring substituents is 1. The maximum Gasteiger partial charge on any atom is 0.270 e. The highest BCUT2D eigenvalue weighted by Gasteiger charge is 2.22. The normalized spacial score (nSPS) is 11.2. The SMILES string of the molecule is CC(C)(C)C(=O)NC(=S)Nc1nc2ccc([N+](=O)[O-])cc2s1. The number of nitro benzene ring substituents is 1. The third-order valence-corrected chi connectivity index (χ3v) is 3.85. The number of nitrogens with one attached hydrogen (secondary N) is 2. The number of thiazole rings is 1. The lowest BCUT2D eigenvalue weighted by molar-refractivity contribution is -0.384. The molecule has 22 heavy (non-hydrogen) atoms. The van der Waals surface area contributed by atoms with Crippen LogP contribution in [0.25, 0.3) is 10.2 Å². The molecule has 1 aromatic heterocycles. The Balaban J connectivity index is 2.13. The van der Waals surface area contributed by atoms with Crippen molar-refractivity contribution in [3.05, 3.63) is 28.3 Å². The Hall–Kier alpha value is -2.13. The van der Waals surface area contributed by atoms with Crippen LogP contribution in [0.4, 0.5) is 10.8 Å². The third kappa shape index (κ3) is 3.74. The molecule has 1 heterocycles. The number of nitro groups is 1. The van der Waals surface area contributed by atoms with Crippen molar-refractivity contribution in [3.8, 4) is 0 Å². The first kappa shape index (κ1) is 16.2. The summed E-state index contributed by atoms with van der Waals surface area (Å²) in [5.41, 5.74) is 0.0781. The van der Waals surface area contributed by atoms with Crippen LogP contribution in [0.3, 0.4) is 0 Å². The summed E-state index contributed by atoms with van der Waals surface area (Å²) in [5, 5.41) is 16.8. The lowest BCUT2D eigenvalue weighted by Gasteiger charge is -2.17. The van der Waals surface area contributed by atoms with Crippen LogP contribution in [-0.2, 0) is 4.79 Å². The molecule has 0 spiro atoms. The highest BCUT2D eigenvalue weighted by molar-refractivity contribution is 7.80. The number of anilines is 1. The minimum Gasteiger partial charge on any atom is -0.308 e. The van der Waals surface area contributed by atoms with E-state index in [1.807, 2.05) is 0 Å². The summed E-state index contributed by atoms with van der Waals surface area (Å²) in [6.07, 6.45) is 0. The van der Waals surface area contributed by atoms with Crippen LogP contribution in [0, 0.1) is 15.5 Å². The van der Waals surface area contributed by atoms with Crippen molar-refractivity contribution in [1.29, 1.82) is 0 Å². The molecular formula is C13H14N4O3S2. The van der Waals surface area contributed by atoms with Gasteiger partial charge in [0.25, 0.3) is 5.69 Å². The van der Waals surface area contributed by atoms with E-state index in [9.17, 15) is 14.9 Å². The minimum absolute atomic E-state index is 0.00584. The second-order valence-corrected chi connectivity index (χ2v) is 7.03. The second kappa shape index (κ2) is 5.93. The van der Waals surface area contributed by atoms with E-state index in [4.69, 9.17) is 12.2 Å². The van der Waals surface area contributed by atoms with Crippen molar-refractivity contribution in [2.75, 3.05) is 5.32 Å². The first-order chi connectivity index (χ1) is 10.2. The second-order valence-electron chi connectivity index (χ2n) is 5.59. The van der Waals surface area contributed by atoms with Crippen molar-refractivity contribution in [2.45, 2.75) is 20.8 Å². The topological polar surface area (TPSA) is 97.2 Å². The highest BCUT2D eigenvalue weighted by Crippen LogP contribution is 2.29. The molecule has 0 unspecified atom stereocenters. The van der Waals surface area contributed by atoms with Gasteiger partial charge in [0.15, 0.2) is 10.2 Å². The first-order valence-corrected chi connectivity index (χ1v) is 7.57. The highest BCUT2D eigenvalue weighted by atomic mass is 32.1. The van der Waals surface area contributed by atoms with Crippen molar-refractivity contribution >= 4 is 55.6 Å². The summed E-state index contributed by atoms with van der Waals surface area (Å²) in [4.78, 5) is 26.4. The largest absolute Gasteiger partial charge is 0.308 e. The Morgan fingerprint density at radius 1 is 1.41 bits per heavy atom. The molecule has 0 saturated heterocycles. The number of fused-ring (bicyclic) bond motifs is 1. The van der Waals surface area contributed by atoms with Gasteiger partial charge in [-0.1, -0.05) is 32.1 Å². The lowest BCUT2D eigenvalue weighted by Crippen LogP contribution is -2.41. The number of rotatable bonds is 2. The summed E-state index contributed by atoms with van der Waals surface area (Å²) in [5.74, 6) is -0.207. The molecule has 1 aromatic carbocycles. The van der Waals surface area contributed by atoms with E-state index in [1.54, 1.807) is 26.8 Å². The van der Waals surface area contributed by atoms with Gasteiger partial charge in [0.1, 0.15) is 0 Å². The average Bonchev–Trinajstić information content (AvgIpc) is 2.77. The molecule has 2 N–H and O–H groups in total. The van der Waals surface area contributed by atoms with Crippen molar-refractivity contribution < 1.29 is 9.72 Å². The fourth-order valence-electron chi connectivity index (χ4n) is 1.50. The molecule has 0 atom stereocenters. The summed E-state index contributed by atoms with van der Waals surface area (Å²) in [6, 6.07) is 4.42. The molecule has 0 bridgehead atoms. The molecule has 1 amide bonds. The smallest absolute Gasteiger partial charge is 0.270 e. The van der Waals surface area contributed by atoms with E-state index < -0.39 is 10.3 Å². The van der Waals surface area contributed by atoms with Crippen molar-refractivity contribution in [2.24, 2.45) is 5.41 Å². The third-order valence-electron chi connectivity index (χ3n) is 2.71. The van der Waals surface area contributed by atoms with E-state index in [2.05, 4.69) is 15.6 Å². The van der Waals surface area contributed by atoms with Crippen molar-refractivity contribution in [3.63, 3.8) is 0 Å². The first-order valence-electron chi connectivity index (χ1n) is 6.34. The number of aromatic nitrogens is 1. The van der Waals surface area contributed by atoms with Crippen LogP contribution in [-0.4, -0.2) is 20.9 Å². The molecule has 2 rings (SSSR count). The number of hydrogen-bond acceptors (Lipinski definition) is 6. The molecule has 0 radical (unpaired) electrons. The van der Waals surface area contributed by atoms with Crippen LogP contribution >= 0.6 is 23.6 Å². The van der Waals surface area contributed by atoms with Gasteiger partial charge in [-0.3, -0.25) is 14.9 Å². The fourth-order valence-corrected chi connectivity index (χ4v) is 2.66. The van der Waals surface area contributed by atoms with Gasteiger partial charge in [-0.15, -0.1) is 0 Å². The molecular weight excluding hydrogens is 324 g/mol. The van der Waals surface area contributed by atoms with Crippen LogP contribution in [0.5, 0.6) is 0 Å². The number of benzene rings is 1. The summed E-state index contributed by atoms with van der Waals surface area (Å²) >= 11 is 6.29. The lowest BCUT2D eigenvalue weighted by atomic mass is 9.96. The van der Waals surface area contributed by atoms with E-state index in [0.717, 1.165) is 0 Å². The molecule has 0 aliphatic heterocycles. The number of hydrogen-bond donors (Lipinski definition) is 2. The number of carbonyl (C=O) groups is 1. The quantitative estimate of drug-likeness (QED) is 0.496. The van der Waals surface area contributed by atoms with Crippen LogP contribution < -0.4 is 10.6 Å². The zero-order valence-corrected chi connectivity index (χ0v) is 13.8. The molecule has 9 heteroatoms. The number of amides is 1. The minimum atomic E-state index is -0.556. The Labute approximate surface area is 135 Å². The molecule has 0 aliphatic rings. The molecule has 7 nitrogen and oxygen atoms in total. The summed E-state index contributed by atoms with van der Waals surface area (Å²) in [7, 11) is 0. The molecule has 0 aliphatic carbocycles. The number of carbonyl (C=O) groups excluding carboxylic acids is 1. The van der Waals surface area contributed by atoms with Gasteiger partial charge >= 0.3 is 0 Å². The van der Waals surface area contributed by atoms with Gasteiger partial charge in [0.2, 0.25) is 5.91 Å². The van der Waals surface area contributed by atoms with E-state index in [0.29, 0.717) is 15.3 Å². The Morgan fingerprint density at radius 3 is 2.68 bits per heavy atom. The molecule has 0 saturated carbocycles. The predicted octanol–water partition coefficient (Wildman–Crippen LogP) is 3.06. The fraction of sp³-hybridized carbons (Fsp3) is 0.308. The zero-order valence-electron chi connectivity index (χ0n) is 12.2. The Kier molecular flexibility index (Phi) is 4.38. The van der Waals surface area contributed by atoms with E-state index in [1.165, 1.54) is 23.5 Å². The van der Waals surface area contributed by atoms with Crippen molar-refractivity contribution in [1.82, 2.24) is 10.3 Å². The van der Waals surface area contributed by atoms with Gasteiger partial charge < -0.3 is 10.6 Å². The van der Waals surface area contributed by atoms with Gasteiger partial charge in [0, 0.05) is 17.5 Å². The Bertz CT molecular complexity index is 764. The maximum atomic E-state index is 11.8. The molecule has 116 valence electrons. The standard InChI is InChI=1S/C13H14N4O3S2/c1-13(2,3)10(18)15-11(21)16-12-14-8-5-4-7(17(19)20)6-9(8)22-12/h4-6H,1-3H3,(H2,14,15,16,18,21). The van der Waals surface area contributed by atoms with Gasteiger partial charge in [-0.2, -0.15) is 0 Å². The van der Waals surface area contributed by atoms with Crippen LogP contribution in [0.2, 0.25) is 0 Å². The zero-order chi connectivity index (χ0) is 16.5. The van der Waals surface area contributed by atoms with Crippen LogP contribution in [0.15, 0.2) is 18.2 Å². The number of nitrogens with zero attached hydrogens (tertiary/aromatic N) is 2. The summed E-state index contributed by atoms with van der Waals surface area (Å²) in [6.45, 7) is 5.34. The molecule has 2 aromatic rings. The number of thiocarbonyl (C=S) groups is 1. The summed E-state index contributed by atoms with van der Waals surface area (Å²) < 4.78 is 0.668. The van der Waals surface area contributed by atoms with Gasteiger partial charge in [-0.25, -0.2) is 4.98 Å².